The second kappa shape index (κ2) is 9.23. The van der Waals surface area contributed by atoms with Gasteiger partial charge in [0.05, 0.1) is 11.8 Å². The van der Waals surface area contributed by atoms with E-state index in [2.05, 4.69) is 18.1 Å². The molecule has 2 aromatic carbocycles. The molecule has 32 heavy (non-hydrogen) atoms. The maximum atomic E-state index is 13.5. The Morgan fingerprint density at radius 2 is 1.75 bits per heavy atom. The maximum Gasteiger partial charge on any atom is 0.262 e. The Bertz CT molecular complexity index is 1040. The van der Waals surface area contributed by atoms with Crippen molar-refractivity contribution in [3.63, 3.8) is 0 Å². The number of halogens is 1. The van der Waals surface area contributed by atoms with Crippen molar-refractivity contribution in [2.45, 2.75) is 53.5 Å². The molecule has 0 bridgehead atoms. The summed E-state index contributed by atoms with van der Waals surface area (Å²) in [5.41, 5.74) is 4.76. The summed E-state index contributed by atoms with van der Waals surface area (Å²) in [7, 11) is 1.64. The van der Waals surface area contributed by atoms with Crippen LogP contribution >= 0.6 is 0 Å². The molecule has 5 nitrogen and oxygen atoms in total. The number of nitrogens with zero attached hydrogens (tertiary/aromatic N) is 3. The van der Waals surface area contributed by atoms with Crippen molar-refractivity contribution in [2.24, 2.45) is 10.5 Å². The molecule has 0 unspecified atom stereocenters. The molecule has 1 atom stereocenters. The van der Waals surface area contributed by atoms with E-state index >= 15 is 0 Å². The highest BCUT2D eigenvalue weighted by Crippen LogP contribution is 2.33. The van der Waals surface area contributed by atoms with Gasteiger partial charge in [-0.05, 0) is 59.7 Å². The molecule has 0 N–H and O–H groups in total. The van der Waals surface area contributed by atoms with E-state index in [1.165, 1.54) is 27.6 Å². The maximum absolute atomic E-state index is 13.5. The predicted molar refractivity (Wildman–Crippen MR) is 125 cm³/mol. The minimum absolute atomic E-state index is 0.0592. The lowest BCUT2D eigenvalue weighted by Gasteiger charge is -2.26. The van der Waals surface area contributed by atoms with Gasteiger partial charge in [0.2, 0.25) is 5.91 Å². The highest BCUT2D eigenvalue weighted by Gasteiger charge is 2.34. The quantitative estimate of drug-likeness (QED) is 0.660. The minimum Gasteiger partial charge on any atom is -0.336 e. The fourth-order valence-electron chi connectivity index (χ4n) is 3.73. The fraction of sp³-hybridized carbons (Fsp3) is 0.423. The lowest BCUT2D eigenvalue weighted by molar-refractivity contribution is -0.141. The average molecular weight is 438 g/mol. The van der Waals surface area contributed by atoms with Crippen molar-refractivity contribution in [2.75, 3.05) is 13.6 Å². The number of likely N-dealkylation sites (N-methyl/N-ethyl adjacent to an activating group) is 1. The summed E-state index contributed by atoms with van der Waals surface area (Å²) in [5.74, 6) is -0.669. The number of carbonyl (C=O) groups excluding carboxylic acids is 2. The molecule has 2 amide bonds. The number of carbonyl (C=O) groups is 2. The summed E-state index contributed by atoms with van der Waals surface area (Å²) in [6, 6.07) is 11.9. The molecule has 0 aliphatic carbocycles. The third-order valence-corrected chi connectivity index (χ3v) is 5.74. The van der Waals surface area contributed by atoms with Gasteiger partial charge in [0.15, 0.2) is 0 Å². The molecule has 1 aliphatic rings. The Balaban J connectivity index is 1.87. The smallest absolute Gasteiger partial charge is 0.262 e. The molecule has 0 saturated heterocycles. The van der Waals surface area contributed by atoms with Gasteiger partial charge < -0.3 is 4.90 Å². The molecule has 170 valence electrons. The van der Waals surface area contributed by atoms with Crippen molar-refractivity contribution < 1.29 is 14.0 Å². The van der Waals surface area contributed by atoms with E-state index in [0.717, 1.165) is 22.4 Å². The van der Waals surface area contributed by atoms with Crippen LogP contribution in [-0.2, 0) is 9.59 Å². The largest absolute Gasteiger partial charge is 0.336 e. The van der Waals surface area contributed by atoms with Gasteiger partial charge in [0, 0.05) is 19.9 Å². The van der Waals surface area contributed by atoms with Gasteiger partial charge in [-0.15, -0.1) is 0 Å². The van der Waals surface area contributed by atoms with E-state index in [1.54, 1.807) is 19.2 Å². The molecule has 1 aliphatic heterocycles. The Hall–Kier alpha value is -3.02. The first-order valence-corrected chi connectivity index (χ1v) is 10.9. The first kappa shape index (κ1) is 23.6. The molecular weight excluding hydrogens is 405 g/mol. The molecule has 0 aromatic heterocycles. The third-order valence-electron chi connectivity index (χ3n) is 5.74. The fourth-order valence-corrected chi connectivity index (χ4v) is 3.73. The SMILES string of the molecule is Cc1ccc(C2=NN(C(=O)CN(C)C(=O)CC(C)(C)C)[C@H](c3ccc(F)cc3)C2)cc1C. The summed E-state index contributed by atoms with van der Waals surface area (Å²) < 4.78 is 13.5. The summed E-state index contributed by atoms with van der Waals surface area (Å²) in [4.78, 5) is 27.2. The van der Waals surface area contributed by atoms with Crippen LogP contribution < -0.4 is 0 Å². The number of hydrogen-bond donors (Lipinski definition) is 0. The predicted octanol–water partition coefficient (Wildman–Crippen LogP) is 5.01. The van der Waals surface area contributed by atoms with Gasteiger partial charge in [0.25, 0.3) is 5.91 Å². The Morgan fingerprint density at radius 1 is 1.09 bits per heavy atom. The van der Waals surface area contributed by atoms with Crippen LogP contribution in [0.25, 0.3) is 0 Å². The number of benzene rings is 2. The van der Waals surface area contributed by atoms with E-state index in [4.69, 9.17) is 0 Å². The Kier molecular flexibility index (Phi) is 6.82. The summed E-state index contributed by atoms with van der Waals surface area (Å²) in [5, 5.41) is 6.12. The molecule has 0 saturated carbocycles. The van der Waals surface area contributed by atoms with E-state index in [9.17, 15) is 14.0 Å². The number of amides is 2. The second-order valence-corrected chi connectivity index (χ2v) is 9.84. The zero-order valence-electron chi connectivity index (χ0n) is 19.8. The van der Waals surface area contributed by atoms with Crippen LogP contribution in [0, 0.1) is 25.1 Å². The molecular formula is C26H32FN3O2. The van der Waals surface area contributed by atoms with Crippen LogP contribution in [0.3, 0.4) is 0 Å². The zero-order valence-corrected chi connectivity index (χ0v) is 19.8. The van der Waals surface area contributed by atoms with Crippen molar-refractivity contribution in [1.82, 2.24) is 9.91 Å². The Labute approximate surface area is 189 Å². The third kappa shape index (κ3) is 5.61. The van der Waals surface area contributed by atoms with Gasteiger partial charge in [-0.2, -0.15) is 5.10 Å². The van der Waals surface area contributed by atoms with E-state index in [0.29, 0.717) is 12.8 Å². The van der Waals surface area contributed by atoms with Gasteiger partial charge in [-0.25, -0.2) is 9.40 Å². The van der Waals surface area contributed by atoms with Crippen LogP contribution in [0.15, 0.2) is 47.6 Å². The van der Waals surface area contributed by atoms with E-state index in [1.807, 2.05) is 39.8 Å². The van der Waals surface area contributed by atoms with Crippen LogP contribution in [-0.4, -0.2) is 41.0 Å². The molecule has 1 heterocycles. The first-order valence-electron chi connectivity index (χ1n) is 10.9. The van der Waals surface area contributed by atoms with Crippen molar-refractivity contribution in [3.8, 4) is 0 Å². The summed E-state index contributed by atoms with van der Waals surface area (Å²) in [6.45, 7) is 10.0. The molecule has 0 fully saturated rings. The van der Waals surface area contributed by atoms with Gasteiger partial charge >= 0.3 is 0 Å². The lowest BCUT2D eigenvalue weighted by atomic mass is 9.92. The van der Waals surface area contributed by atoms with Crippen LogP contribution in [0.2, 0.25) is 0 Å². The monoisotopic (exact) mass is 437 g/mol. The average Bonchev–Trinajstić information content (AvgIpc) is 3.15. The number of rotatable bonds is 5. The van der Waals surface area contributed by atoms with Gasteiger partial charge in [-0.1, -0.05) is 45.0 Å². The molecule has 2 aromatic rings. The summed E-state index contributed by atoms with van der Waals surface area (Å²) >= 11 is 0. The number of aryl methyl sites for hydroxylation is 2. The normalized spacial score (nSPS) is 16.2. The van der Waals surface area contributed by atoms with Crippen molar-refractivity contribution in [3.05, 3.63) is 70.5 Å². The second-order valence-electron chi connectivity index (χ2n) is 9.84. The molecule has 0 radical (unpaired) electrons. The van der Waals surface area contributed by atoms with Crippen molar-refractivity contribution >= 4 is 17.5 Å². The molecule has 6 heteroatoms. The van der Waals surface area contributed by atoms with Gasteiger partial charge in [-0.3, -0.25) is 9.59 Å². The van der Waals surface area contributed by atoms with Crippen molar-refractivity contribution in [1.29, 1.82) is 0 Å². The van der Waals surface area contributed by atoms with E-state index in [-0.39, 0.29) is 35.6 Å². The number of hydrogen-bond acceptors (Lipinski definition) is 3. The molecule has 0 spiro atoms. The van der Waals surface area contributed by atoms with Crippen LogP contribution in [0.1, 0.15) is 61.9 Å². The minimum atomic E-state index is -0.342. The Morgan fingerprint density at radius 3 is 2.34 bits per heavy atom. The van der Waals surface area contributed by atoms with Crippen LogP contribution in [0.4, 0.5) is 4.39 Å². The standard InChI is InChI=1S/C26H32FN3O2/c1-17-7-8-20(13-18(17)2)22-14-23(19-9-11-21(27)12-10-19)30(28-22)25(32)16-29(6)24(31)15-26(3,4)5/h7-13,23H,14-16H2,1-6H3/t23-/m0/s1. The first-order chi connectivity index (χ1) is 14.9. The summed E-state index contributed by atoms with van der Waals surface area (Å²) in [6.07, 6.45) is 0.884. The van der Waals surface area contributed by atoms with Gasteiger partial charge in [0.1, 0.15) is 12.4 Å². The number of hydrazone groups is 1. The molecule has 3 rings (SSSR count). The zero-order chi connectivity index (χ0) is 23.6. The highest BCUT2D eigenvalue weighted by atomic mass is 19.1. The lowest BCUT2D eigenvalue weighted by Crippen LogP contribution is -2.40. The highest BCUT2D eigenvalue weighted by molar-refractivity contribution is 6.03. The topological polar surface area (TPSA) is 53.0 Å². The van der Waals surface area contributed by atoms with Crippen LogP contribution in [0.5, 0.6) is 0 Å². The van der Waals surface area contributed by atoms with E-state index < -0.39 is 0 Å².